The summed E-state index contributed by atoms with van der Waals surface area (Å²) in [4.78, 5) is 11.4. The third-order valence-electron chi connectivity index (χ3n) is 2.51. The van der Waals surface area contributed by atoms with E-state index in [1.165, 1.54) is 0 Å². The molecule has 0 aliphatic rings. The number of hydrogen-bond donors (Lipinski definition) is 2. The summed E-state index contributed by atoms with van der Waals surface area (Å²) in [7, 11) is 0. The van der Waals surface area contributed by atoms with Gasteiger partial charge in [-0.3, -0.25) is 4.79 Å². The van der Waals surface area contributed by atoms with Crippen LogP contribution >= 0.6 is 0 Å². The van der Waals surface area contributed by atoms with Gasteiger partial charge in [-0.15, -0.1) is 0 Å². The van der Waals surface area contributed by atoms with Crippen LogP contribution in [0.15, 0.2) is 12.2 Å². The number of nitrogens with two attached hydrogens (primary N) is 1. The van der Waals surface area contributed by atoms with Crippen LogP contribution < -0.4 is 11.1 Å². The van der Waals surface area contributed by atoms with Crippen molar-refractivity contribution in [2.45, 2.75) is 39.2 Å². The largest absolute Gasteiger partial charge is 0.346 e. The van der Waals surface area contributed by atoms with Crippen LogP contribution in [0, 0.1) is 0 Å². The summed E-state index contributed by atoms with van der Waals surface area (Å²) in [5.41, 5.74) is 5.91. The van der Waals surface area contributed by atoms with E-state index in [4.69, 9.17) is 5.73 Å². The lowest BCUT2D eigenvalue weighted by Crippen LogP contribution is -2.53. The Bertz CT molecular complexity index is 187. The quantitative estimate of drug-likeness (QED) is 0.631. The highest BCUT2D eigenvalue weighted by molar-refractivity contribution is 5.92. The summed E-state index contributed by atoms with van der Waals surface area (Å²) >= 11 is 0. The summed E-state index contributed by atoms with van der Waals surface area (Å²) in [6, 6.07) is 0. The molecule has 0 spiro atoms. The van der Waals surface area contributed by atoms with Crippen molar-refractivity contribution in [1.82, 2.24) is 5.32 Å². The average molecular weight is 184 g/mol. The van der Waals surface area contributed by atoms with Gasteiger partial charge in [0.15, 0.2) is 0 Å². The van der Waals surface area contributed by atoms with Crippen molar-refractivity contribution in [2.24, 2.45) is 5.73 Å². The minimum absolute atomic E-state index is 0.103. The topological polar surface area (TPSA) is 55.1 Å². The van der Waals surface area contributed by atoms with Gasteiger partial charge in [-0.2, -0.15) is 0 Å². The van der Waals surface area contributed by atoms with Crippen LogP contribution in [0.4, 0.5) is 0 Å². The summed E-state index contributed by atoms with van der Waals surface area (Å²) in [5, 5.41) is 2.92. The minimum Gasteiger partial charge on any atom is -0.346 e. The highest BCUT2D eigenvalue weighted by Crippen LogP contribution is 2.13. The lowest BCUT2D eigenvalue weighted by atomic mass is 9.92. The molecule has 0 aromatic carbocycles. The maximum absolute atomic E-state index is 11.4. The van der Waals surface area contributed by atoms with Gasteiger partial charge in [-0.05, 0) is 19.8 Å². The highest BCUT2D eigenvalue weighted by atomic mass is 16.1. The molecule has 0 unspecified atom stereocenters. The van der Waals surface area contributed by atoms with E-state index in [-0.39, 0.29) is 11.4 Å². The van der Waals surface area contributed by atoms with Gasteiger partial charge >= 0.3 is 0 Å². The Morgan fingerprint density at radius 1 is 1.46 bits per heavy atom. The Hall–Kier alpha value is -0.830. The number of hydrogen-bond acceptors (Lipinski definition) is 2. The van der Waals surface area contributed by atoms with Crippen LogP contribution in [0.2, 0.25) is 0 Å². The van der Waals surface area contributed by atoms with Crippen LogP contribution in [0.5, 0.6) is 0 Å². The molecule has 3 heteroatoms. The molecule has 0 heterocycles. The third-order valence-corrected chi connectivity index (χ3v) is 2.51. The Balaban J connectivity index is 4.42. The van der Waals surface area contributed by atoms with Gasteiger partial charge in [0.2, 0.25) is 5.91 Å². The molecule has 0 atom stereocenters. The van der Waals surface area contributed by atoms with Crippen molar-refractivity contribution in [2.75, 3.05) is 6.54 Å². The van der Waals surface area contributed by atoms with Crippen molar-refractivity contribution in [1.29, 1.82) is 0 Å². The lowest BCUT2D eigenvalue weighted by Gasteiger charge is -2.31. The second kappa shape index (κ2) is 5.02. The maximum atomic E-state index is 11.4. The van der Waals surface area contributed by atoms with E-state index in [0.29, 0.717) is 12.1 Å². The van der Waals surface area contributed by atoms with Gasteiger partial charge in [-0.25, -0.2) is 0 Å². The standard InChI is InChI=1S/C10H20N2O/c1-5-10(6-2,7-11)12-9(13)8(3)4/h3,5-7,11H2,1-2,4H3,(H,12,13). The van der Waals surface area contributed by atoms with Crippen LogP contribution in [0.25, 0.3) is 0 Å². The average Bonchev–Trinajstić information content (AvgIpc) is 2.14. The number of nitrogens with one attached hydrogen (secondary N) is 1. The zero-order chi connectivity index (χ0) is 10.5. The van der Waals surface area contributed by atoms with Gasteiger partial charge in [0.25, 0.3) is 0 Å². The molecule has 0 fully saturated rings. The van der Waals surface area contributed by atoms with Gasteiger partial charge in [0, 0.05) is 12.1 Å². The molecule has 0 saturated heterocycles. The first-order valence-electron chi connectivity index (χ1n) is 4.69. The highest BCUT2D eigenvalue weighted by Gasteiger charge is 2.26. The molecule has 0 aliphatic carbocycles. The molecular weight excluding hydrogens is 164 g/mol. The number of rotatable bonds is 5. The van der Waals surface area contributed by atoms with E-state index in [1.54, 1.807) is 6.92 Å². The molecule has 0 aliphatic heterocycles. The first-order valence-corrected chi connectivity index (χ1v) is 4.69. The molecule has 3 N–H and O–H groups in total. The van der Waals surface area contributed by atoms with E-state index < -0.39 is 0 Å². The van der Waals surface area contributed by atoms with Crippen molar-refractivity contribution in [3.05, 3.63) is 12.2 Å². The van der Waals surface area contributed by atoms with Crippen LogP contribution in [0.1, 0.15) is 33.6 Å². The molecule has 0 bridgehead atoms. The van der Waals surface area contributed by atoms with Gasteiger partial charge in [0.05, 0.1) is 5.54 Å². The Kier molecular flexibility index (Phi) is 4.70. The Labute approximate surface area is 80.4 Å². The minimum atomic E-state index is -0.254. The molecular formula is C10H20N2O. The fraction of sp³-hybridized carbons (Fsp3) is 0.700. The Morgan fingerprint density at radius 2 is 1.92 bits per heavy atom. The van der Waals surface area contributed by atoms with Crippen LogP contribution in [-0.4, -0.2) is 18.0 Å². The van der Waals surface area contributed by atoms with Crippen molar-refractivity contribution >= 4 is 5.91 Å². The normalized spacial score (nSPS) is 11.1. The first kappa shape index (κ1) is 12.2. The maximum Gasteiger partial charge on any atom is 0.246 e. The predicted molar refractivity (Wildman–Crippen MR) is 55.3 cm³/mol. The van der Waals surface area contributed by atoms with E-state index in [0.717, 1.165) is 12.8 Å². The molecule has 0 saturated carbocycles. The van der Waals surface area contributed by atoms with Crippen molar-refractivity contribution in [3.8, 4) is 0 Å². The summed E-state index contributed by atoms with van der Waals surface area (Å²) in [6.45, 7) is 9.80. The summed E-state index contributed by atoms with van der Waals surface area (Å²) in [5.74, 6) is -0.103. The predicted octanol–water partition coefficient (Wildman–Crippen LogP) is 1.20. The first-order chi connectivity index (χ1) is 6.01. The Morgan fingerprint density at radius 3 is 2.15 bits per heavy atom. The molecule has 76 valence electrons. The van der Waals surface area contributed by atoms with Crippen molar-refractivity contribution < 1.29 is 4.79 Å². The molecule has 13 heavy (non-hydrogen) atoms. The van der Waals surface area contributed by atoms with E-state index in [9.17, 15) is 4.79 Å². The van der Waals surface area contributed by atoms with E-state index in [2.05, 4.69) is 11.9 Å². The fourth-order valence-electron chi connectivity index (χ4n) is 1.11. The van der Waals surface area contributed by atoms with E-state index >= 15 is 0 Å². The van der Waals surface area contributed by atoms with Crippen LogP contribution in [-0.2, 0) is 4.79 Å². The van der Waals surface area contributed by atoms with Gasteiger partial charge < -0.3 is 11.1 Å². The zero-order valence-electron chi connectivity index (χ0n) is 8.81. The second-order valence-electron chi connectivity index (χ2n) is 3.43. The summed E-state index contributed by atoms with van der Waals surface area (Å²) < 4.78 is 0. The SMILES string of the molecule is C=C(C)C(=O)NC(CC)(CC)CN. The number of carbonyl (C=O) groups excluding carboxylic acids is 1. The molecule has 0 aromatic rings. The molecule has 3 nitrogen and oxygen atoms in total. The van der Waals surface area contributed by atoms with E-state index in [1.807, 2.05) is 13.8 Å². The number of carbonyl (C=O) groups is 1. The zero-order valence-corrected chi connectivity index (χ0v) is 8.81. The lowest BCUT2D eigenvalue weighted by molar-refractivity contribution is -0.119. The molecule has 0 rings (SSSR count). The smallest absolute Gasteiger partial charge is 0.246 e. The van der Waals surface area contributed by atoms with Gasteiger partial charge in [-0.1, -0.05) is 20.4 Å². The third kappa shape index (κ3) is 3.19. The molecule has 1 amide bonds. The molecule has 0 aromatic heterocycles. The van der Waals surface area contributed by atoms with Crippen molar-refractivity contribution in [3.63, 3.8) is 0 Å². The monoisotopic (exact) mass is 184 g/mol. The summed E-state index contributed by atoms with van der Waals surface area (Å²) in [6.07, 6.45) is 1.69. The second-order valence-corrected chi connectivity index (χ2v) is 3.43. The van der Waals surface area contributed by atoms with Gasteiger partial charge in [0.1, 0.15) is 0 Å². The fourth-order valence-corrected chi connectivity index (χ4v) is 1.11. The van der Waals surface area contributed by atoms with Crippen LogP contribution in [0.3, 0.4) is 0 Å². The number of amides is 1. The molecule has 0 radical (unpaired) electrons.